The summed E-state index contributed by atoms with van der Waals surface area (Å²) < 4.78 is 11.1. The SMILES string of the molecule is Cc1nc(CN2CCC(CNC(=O)CC3COCCN3)CC2)oc1C. The number of rotatable bonds is 6. The highest BCUT2D eigenvalue weighted by molar-refractivity contribution is 5.76. The van der Waals surface area contributed by atoms with Crippen LogP contribution in [0.25, 0.3) is 0 Å². The molecule has 1 atom stereocenters. The Morgan fingerprint density at radius 1 is 1.36 bits per heavy atom. The first kappa shape index (κ1) is 18.4. The quantitative estimate of drug-likeness (QED) is 0.797. The van der Waals surface area contributed by atoms with Gasteiger partial charge in [0.1, 0.15) is 5.76 Å². The highest BCUT2D eigenvalue weighted by Gasteiger charge is 2.22. The fourth-order valence-corrected chi connectivity index (χ4v) is 3.45. The molecular formula is C18H30N4O3. The third-order valence-corrected chi connectivity index (χ3v) is 5.16. The van der Waals surface area contributed by atoms with Crippen molar-refractivity contribution in [3.05, 3.63) is 17.3 Å². The molecule has 3 heterocycles. The zero-order chi connectivity index (χ0) is 17.6. The highest BCUT2D eigenvalue weighted by atomic mass is 16.5. The molecule has 0 bridgehead atoms. The third kappa shape index (κ3) is 5.52. The van der Waals surface area contributed by atoms with Gasteiger partial charge in [0.05, 0.1) is 25.5 Å². The molecule has 1 amide bonds. The summed E-state index contributed by atoms with van der Waals surface area (Å²) in [5, 5.41) is 6.41. The fraction of sp³-hybridized carbons (Fsp3) is 0.778. The second-order valence-electron chi connectivity index (χ2n) is 7.20. The average molecular weight is 350 g/mol. The summed E-state index contributed by atoms with van der Waals surface area (Å²) in [6, 6.07) is 0.156. The van der Waals surface area contributed by atoms with Crippen molar-refractivity contribution in [3.63, 3.8) is 0 Å². The van der Waals surface area contributed by atoms with Crippen LogP contribution in [0.4, 0.5) is 0 Å². The number of aromatic nitrogens is 1. The smallest absolute Gasteiger partial charge is 0.221 e. The standard InChI is InChI=1S/C18H30N4O3/c1-13-14(2)25-18(21-13)11-22-6-3-15(4-7-22)10-20-17(23)9-16-12-24-8-5-19-16/h15-16,19H,3-12H2,1-2H3,(H,20,23). The number of nitrogens with one attached hydrogen (secondary N) is 2. The van der Waals surface area contributed by atoms with Gasteiger partial charge in [-0.25, -0.2) is 4.98 Å². The molecular weight excluding hydrogens is 320 g/mol. The van der Waals surface area contributed by atoms with Crippen molar-refractivity contribution in [2.24, 2.45) is 5.92 Å². The average Bonchev–Trinajstić information content (AvgIpc) is 2.92. The van der Waals surface area contributed by atoms with Crippen molar-refractivity contribution in [1.82, 2.24) is 20.5 Å². The Morgan fingerprint density at radius 2 is 2.16 bits per heavy atom. The molecule has 1 unspecified atom stereocenters. The molecule has 2 saturated heterocycles. The molecule has 140 valence electrons. The van der Waals surface area contributed by atoms with Crippen LogP contribution in [-0.2, 0) is 16.1 Å². The molecule has 1 aromatic rings. The minimum absolute atomic E-state index is 0.121. The maximum absolute atomic E-state index is 12.1. The summed E-state index contributed by atoms with van der Waals surface area (Å²) in [7, 11) is 0. The van der Waals surface area contributed by atoms with E-state index in [1.54, 1.807) is 0 Å². The van der Waals surface area contributed by atoms with Crippen LogP contribution in [0.1, 0.15) is 36.6 Å². The molecule has 0 radical (unpaired) electrons. The normalized spacial score (nSPS) is 22.9. The number of hydrogen-bond donors (Lipinski definition) is 2. The first-order valence-electron chi connectivity index (χ1n) is 9.33. The van der Waals surface area contributed by atoms with Crippen molar-refractivity contribution < 1.29 is 13.9 Å². The van der Waals surface area contributed by atoms with Gasteiger partial charge < -0.3 is 19.8 Å². The summed E-state index contributed by atoms with van der Waals surface area (Å²) >= 11 is 0. The van der Waals surface area contributed by atoms with Crippen LogP contribution in [0.15, 0.2) is 4.42 Å². The summed E-state index contributed by atoms with van der Waals surface area (Å²) in [6.07, 6.45) is 2.70. The van der Waals surface area contributed by atoms with Crippen molar-refractivity contribution in [1.29, 1.82) is 0 Å². The van der Waals surface area contributed by atoms with E-state index in [2.05, 4.69) is 20.5 Å². The molecule has 2 aliphatic heterocycles. The lowest BCUT2D eigenvalue weighted by atomic mass is 9.96. The number of aryl methyl sites for hydroxylation is 2. The summed E-state index contributed by atoms with van der Waals surface area (Å²) in [4.78, 5) is 18.9. The van der Waals surface area contributed by atoms with E-state index in [9.17, 15) is 4.79 Å². The third-order valence-electron chi connectivity index (χ3n) is 5.16. The van der Waals surface area contributed by atoms with Gasteiger partial charge in [-0.15, -0.1) is 0 Å². The van der Waals surface area contributed by atoms with E-state index < -0.39 is 0 Å². The van der Waals surface area contributed by atoms with Gasteiger partial charge >= 0.3 is 0 Å². The molecule has 7 nitrogen and oxygen atoms in total. The number of hydrogen-bond acceptors (Lipinski definition) is 6. The number of likely N-dealkylation sites (tertiary alicyclic amines) is 1. The Kier molecular flexibility index (Phi) is 6.45. The molecule has 2 N–H and O–H groups in total. The van der Waals surface area contributed by atoms with Crippen LogP contribution in [0.5, 0.6) is 0 Å². The maximum atomic E-state index is 12.1. The van der Waals surface area contributed by atoms with Crippen LogP contribution >= 0.6 is 0 Å². The minimum Gasteiger partial charge on any atom is -0.444 e. The van der Waals surface area contributed by atoms with E-state index in [4.69, 9.17) is 9.15 Å². The number of carbonyl (C=O) groups excluding carboxylic acids is 1. The molecule has 2 fully saturated rings. The van der Waals surface area contributed by atoms with Crippen LogP contribution in [0, 0.1) is 19.8 Å². The summed E-state index contributed by atoms with van der Waals surface area (Å²) in [6.45, 7) is 9.74. The van der Waals surface area contributed by atoms with E-state index in [1.165, 1.54) is 0 Å². The topological polar surface area (TPSA) is 79.6 Å². The lowest BCUT2D eigenvalue weighted by molar-refractivity contribution is -0.122. The molecule has 0 saturated carbocycles. The Bertz CT molecular complexity index is 541. The molecule has 0 aromatic carbocycles. The van der Waals surface area contributed by atoms with Crippen LogP contribution in [-0.4, -0.2) is 61.2 Å². The van der Waals surface area contributed by atoms with E-state index in [-0.39, 0.29) is 11.9 Å². The Hall–Kier alpha value is -1.44. The van der Waals surface area contributed by atoms with E-state index in [0.717, 1.165) is 69.5 Å². The molecule has 0 aliphatic carbocycles. The van der Waals surface area contributed by atoms with Gasteiger partial charge in [-0.3, -0.25) is 9.69 Å². The zero-order valence-corrected chi connectivity index (χ0v) is 15.3. The number of carbonyl (C=O) groups is 1. The van der Waals surface area contributed by atoms with E-state index in [1.807, 2.05) is 13.8 Å². The van der Waals surface area contributed by atoms with E-state index >= 15 is 0 Å². The Morgan fingerprint density at radius 3 is 2.80 bits per heavy atom. The zero-order valence-electron chi connectivity index (χ0n) is 15.3. The molecule has 0 spiro atoms. The van der Waals surface area contributed by atoms with E-state index in [0.29, 0.717) is 18.9 Å². The van der Waals surface area contributed by atoms with Crippen molar-refractivity contribution >= 4 is 5.91 Å². The fourth-order valence-electron chi connectivity index (χ4n) is 3.45. The van der Waals surface area contributed by atoms with Gasteiger partial charge in [-0.1, -0.05) is 0 Å². The van der Waals surface area contributed by atoms with Crippen LogP contribution < -0.4 is 10.6 Å². The van der Waals surface area contributed by atoms with Crippen molar-refractivity contribution in [2.75, 3.05) is 39.4 Å². The first-order chi connectivity index (χ1) is 12.1. The van der Waals surface area contributed by atoms with Gasteiger partial charge in [0, 0.05) is 25.6 Å². The molecule has 7 heteroatoms. The summed E-state index contributed by atoms with van der Waals surface area (Å²) in [5.41, 5.74) is 0.977. The molecule has 2 aliphatic rings. The lowest BCUT2D eigenvalue weighted by Gasteiger charge is -2.31. The van der Waals surface area contributed by atoms with Crippen molar-refractivity contribution in [3.8, 4) is 0 Å². The molecule has 3 rings (SSSR count). The number of morpholine rings is 1. The number of nitrogens with zero attached hydrogens (tertiary/aromatic N) is 2. The maximum Gasteiger partial charge on any atom is 0.221 e. The monoisotopic (exact) mass is 350 g/mol. The predicted molar refractivity (Wildman–Crippen MR) is 94.2 cm³/mol. The Labute approximate surface area is 149 Å². The number of oxazole rings is 1. The largest absolute Gasteiger partial charge is 0.444 e. The first-order valence-corrected chi connectivity index (χ1v) is 9.33. The van der Waals surface area contributed by atoms with Crippen LogP contribution in [0.2, 0.25) is 0 Å². The van der Waals surface area contributed by atoms with Gasteiger partial charge in [0.25, 0.3) is 0 Å². The van der Waals surface area contributed by atoms with Crippen molar-refractivity contribution in [2.45, 2.75) is 45.7 Å². The highest BCUT2D eigenvalue weighted by Crippen LogP contribution is 2.19. The Balaban J connectivity index is 1.32. The second kappa shape index (κ2) is 8.78. The minimum atomic E-state index is 0.121. The van der Waals surface area contributed by atoms with Gasteiger partial charge in [-0.05, 0) is 45.7 Å². The van der Waals surface area contributed by atoms with Gasteiger partial charge in [0.15, 0.2) is 0 Å². The van der Waals surface area contributed by atoms with Gasteiger partial charge in [0.2, 0.25) is 11.8 Å². The number of ether oxygens (including phenoxy) is 1. The molecule has 25 heavy (non-hydrogen) atoms. The second-order valence-corrected chi connectivity index (χ2v) is 7.20. The van der Waals surface area contributed by atoms with Crippen LogP contribution in [0.3, 0.4) is 0 Å². The number of piperidine rings is 1. The molecule has 1 aromatic heterocycles. The predicted octanol–water partition coefficient (Wildman–Crippen LogP) is 0.998. The summed E-state index contributed by atoms with van der Waals surface area (Å²) in [5.74, 6) is 2.40. The lowest BCUT2D eigenvalue weighted by Crippen LogP contribution is -2.45. The van der Waals surface area contributed by atoms with Gasteiger partial charge in [-0.2, -0.15) is 0 Å². The number of amides is 1.